The van der Waals surface area contributed by atoms with Gasteiger partial charge in [-0.3, -0.25) is 0 Å². The summed E-state index contributed by atoms with van der Waals surface area (Å²) in [7, 11) is 0. The maximum absolute atomic E-state index is 2.32. The van der Waals surface area contributed by atoms with Crippen LogP contribution in [0.5, 0.6) is 0 Å². The average molecular weight is 424 g/mol. The molecule has 0 unspecified atom stereocenters. The normalized spacial score (nSPS) is 10.4. The Hall–Kier alpha value is -4.36. The molecule has 0 saturated heterocycles. The molecule has 0 saturated carbocycles. The van der Waals surface area contributed by atoms with Crippen molar-refractivity contribution in [3.63, 3.8) is 0 Å². The maximum Gasteiger partial charge on any atom is 0.0534 e. The van der Waals surface area contributed by atoms with Crippen molar-refractivity contribution in [3.8, 4) is 0 Å². The van der Waals surface area contributed by atoms with E-state index in [9.17, 15) is 0 Å². The van der Waals surface area contributed by atoms with Gasteiger partial charge in [-0.2, -0.15) is 0 Å². The third-order valence-corrected chi connectivity index (χ3v) is 5.68. The topological polar surface area (TPSA) is 3.24 Å². The minimum Gasteiger partial charge on any atom is -0.310 e. The van der Waals surface area contributed by atoms with Crippen molar-refractivity contribution < 1.29 is 0 Å². The largest absolute Gasteiger partial charge is 0.310 e. The van der Waals surface area contributed by atoms with E-state index in [0.717, 1.165) is 22.6 Å². The van der Waals surface area contributed by atoms with Crippen molar-refractivity contribution in [2.24, 2.45) is 0 Å². The molecule has 0 aliphatic heterocycles. The van der Waals surface area contributed by atoms with E-state index in [0.29, 0.717) is 0 Å². The quantitative estimate of drug-likeness (QED) is 0.247. The highest BCUT2D eigenvalue weighted by molar-refractivity contribution is 5.95. The molecule has 0 amide bonds. The van der Waals surface area contributed by atoms with Gasteiger partial charge in [-0.15, -0.1) is 0 Å². The lowest BCUT2D eigenvalue weighted by molar-refractivity contribution is 1.28. The number of hydrogen-bond acceptors (Lipinski definition) is 1. The fraction of sp³-hybridized carbons (Fsp3) is 0. The SMILES string of the molecule is C(=C(c1ccccc1)c1ccccc1)c1ccccc1N(c1ccccc1)c1ccccc1. The van der Waals surface area contributed by atoms with Gasteiger partial charge < -0.3 is 4.90 Å². The van der Waals surface area contributed by atoms with Gasteiger partial charge in [0.2, 0.25) is 0 Å². The van der Waals surface area contributed by atoms with Crippen molar-refractivity contribution >= 4 is 28.7 Å². The molecule has 0 aromatic heterocycles. The summed E-state index contributed by atoms with van der Waals surface area (Å²) in [6.07, 6.45) is 2.30. The van der Waals surface area contributed by atoms with E-state index in [1.807, 2.05) is 0 Å². The van der Waals surface area contributed by atoms with Gasteiger partial charge in [0.25, 0.3) is 0 Å². The van der Waals surface area contributed by atoms with Crippen molar-refractivity contribution in [2.75, 3.05) is 4.90 Å². The number of hydrogen-bond donors (Lipinski definition) is 0. The summed E-state index contributed by atoms with van der Waals surface area (Å²) in [4.78, 5) is 2.32. The second-order valence-corrected chi connectivity index (χ2v) is 7.86. The molecule has 0 aliphatic rings. The highest BCUT2D eigenvalue weighted by Gasteiger charge is 2.15. The smallest absolute Gasteiger partial charge is 0.0534 e. The molecule has 0 radical (unpaired) electrons. The fourth-order valence-corrected chi connectivity index (χ4v) is 4.12. The monoisotopic (exact) mass is 423 g/mol. The van der Waals surface area contributed by atoms with Gasteiger partial charge in [-0.1, -0.05) is 115 Å². The Labute approximate surface area is 195 Å². The Kier molecular flexibility index (Phi) is 6.13. The van der Waals surface area contributed by atoms with Crippen molar-refractivity contribution in [2.45, 2.75) is 0 Å². The van der Waals surface area contributed by atoms with Crippen LogP contribution in [-0.2, 0) is 0 Å². The molecular formula is C32H25N. The van der Waals surface area contributed by atoms with E-state index in [2.05, 4.69) is 157 Å². The zero-order valence-corrected chi connectivity index (χ0v) is 18.4. The fourth-order valence-electron chi connectivity index (χ4n) is 4.12. The summed E-state index contributed by atoms with van der Waals surface area (Å²) in [5, 5.41) is 0. The molecule has 1 heteroatoms. The van der Waals surface area contributed by atoms with Crippen LogP contribution < -0.4 is 4.90 Å². The highest BCUT2D eigenvalue weighted by Crippen LogP contribution is 2.38. The summed E-state index contributed by atoms with van der Waals surface area (Å²) in [6, 6.07) is 50.9. The van der Waals surface area contributed by atoms with Gasteiger partial charge in [-0.25, -0.2) is 0 Å². The Morgan fingerprint density at radius 1 is 0.424 bits per heavy atom. The average Bonchev–Trinajstić information content (AvgIpc) is 2.90. The second kappa shape index (κ2) is 9.84. The van der Waals surface area contributed by atoms with Crippen molar-refractivity contribution in [1.82, 2.24) is 0 Å². The van der Waals surface area contributed by atoms with Gasteiger partial charge in [0, 0.05) is 11.4 Å². The molecular weight excluding hydrogens is 398 g/mol. The number of benzene rings is 5. The predicted octanol–water partition coefficient (Wildman–Crippen LogP) is 8.75. The molecule has 5 aromatic rings. The van der Waals surface area contributed by atoms with Crippen LogP contribution in [0.2, 0.25) is 0 Å². The van der Waals surface area contributed by atoms with Gasteiger partial charge in [0.15, 0.2) is 0 Å². The molecule has 0 spiro atoms. The van der Waals surface area contributed by atoms with E-state index >= 15 is 0 Å². The minimum atomic E-state index is 1.13. The summed E-state index contributed by atoms with van der Waals surface area (Å²) < 4.78 is 0. The predicted molar refractivity (Wildman–Crippen MR) is 141 cm³/mol. The molecule has 33 heavy (non-hydrogen) atoms. The third-order valence-electron chi connectivity index (χ3n) is 5.68. The van der Waals surface area contributed by atoms with Crippen LogP contribution in [0, 0.1) is 0 Å². The molecule has 5 rings (SSSR count). The van der Waals surface area contributed by atoms with Crippen molar-refractivity contribution in [1.29, 1.82) is 0 Å². The molecule has 0 atom stereocenters. The number of rotatable bonds is 6. The highest BCUT2D eigenvalue weighted by atomic mass is 15.1. The zero-order chi connectivity index (χ0) is 22.3. The molecule has 0 N–H and O–H groups in total. The lowest BCUT2D eigenvalue weighted by Gasteiger charge is -2.27. The number of anilines is 3. The van der Waals surface area contributed by atoms with Crippen LogP contribution in [0.4, 0.5) is 17.1 Å². The summed E-state index contributed by atoms with van der Waals surface area (Å²) in [5.41, 5.74) is 8.15. The van der Waals surface area contributed by atoms with Gasteiger partial charge in [0.05, 0.1) is 5.69 Å². The van der Waals surface area contributed by atoms with E-state index in [-0.39, 0.29) is 0 Å². The van der Waals surface area contributed by atoms with E-state index in [4.69, 9.17) is 0 Å². The Balaban J connectivity index is 1.71. The van der Waals surface area contributed by atoms with Crippen LogP contribution in [0.15, 0.2) is 146 Å². The lowest BCUT2D eigenvalue weighted by Crippen LogP contribution is -2.11. The van der Waals surface area contributed by atoms with Gasteiger partial charge in [-0.05, 0) is 58.7 Å². The molecule has 158 valence electrons. The first-order valence-electron chi connectivity index (χ1n) is 11.2. The zero-order valence-electron chi connectivity index (χ0n) is 18.4. The van der Waals surface area contributed by atoms with Crippen molar-refractivity contribution in [3.05, 3.63) is 162 Å². The molecule has 0 fully saturated rings. The number of para-hydroxylation sites is 3. The molecule has 1 nitrogen and oxygen atoms in total. The van der Waals surface area contributed by atoms with Crippen LogP contribution in [0.3, 0.4) is 0 Å². The minimum absolute atomic E-state index is 1.13. The molecule has 0 bridgehead atoms. The van der Waals surface area contributed by atoms with Crippen LogP contribution in [0.25, 0.3) is 11.6 Å². The van der Waals surface area contributed by atoms with Gasteiger partial charge >= 0.3 is 0 Å². The van der Waals surface area contributed by atoms with E-state index in [1.165, 1.54) is 16.7 Å². The first kappa shape index (κ1) is 20.5. The van der Waals surface area contributed by atoms with Crippen LogP contribution in [-0.4, -0.2) is 0 Å². The Morgan fingerprint density at radius 3 is 1.30 bits per heavy atom. The lowest BCUT2D eigenvalue weighted by atomic mass is 9.95. The Bertz CT molecular complexity index is 1240. The molecule has 0 heterocycles. The summed E-state index contributed by atoms with van der Waals surface area (Å²) in [6.45, 7) is 0. The maximum atomic E-state index is 2.32. The first-order valence-corrected chi connectivity index (χ1v) is 11.2. The van der Waals surface area contributed by atoms with Crippen LogP contribution >= 0.6 is 0 Å². The van der Waals surface area contributed by atoms with E-state index in [1.54, 1.807) is 0 Å². The molecule has 0 aliphatic carbocycles. The summed E-state index contributed by atoms with van der Waals surface area (Å²) in [5.74, 6) is 0. The Morgan fingerprint density at radius 2 is 0.818 bits per heavy atom. The molecule has 5 aromatic carbocycles. The second-order valence-electron chi connectivity index (χ2n) is 7.86. The number of nitrogens with zero attached hydrogens (tertiary/aromatic N) is 1. The standard InChI is InChI=1S/C32H25N/c1-5-15-26(16-6-1)31(27-17-7-2-8-18-27)25-28-19-13-14-24-32(28)33(29-20-9-3-10-21-29)30-22-11-4-12-23-30/h1-25H. The third kappa shape index (κ3) is 4.63. The van der Waals surface area contributed by atoms with Gasteiger partial charge in [0.1, 0.15) is 0 Å². The first-order chi connectivity index (χ1) is 16.4. The summed E-state index contributed by atoms with van der Waals surface area (Å²) >= 11 is 0. The van der Waals surface area contributed by atoms with Crippen LogP contribution in [0.1, 0.15) is 16.7 Å². The van der Waals surface area contributed by atoms with E-state index < -0.39 is 0 Å².